The molecule has 5 nitrogen and oxygen atoms in total. The molecule has 1 aromatic carbocycles. The van der Waals surface area contributed by atoms with Crippen LogP contribution in [0.2, 0.25) is 0 Å². The standard InChI is InChI=1S/C16H23N5/c1-19-8-10-20(11-9-19)12-13-21-7-6-18-16(21)14-2-4-15(17)5-3-14/h2-7H,8-13,17H2,1H3. The van der Waals surface area contributed by atoms with Crippen LogP contribution in [0.4, 0.5) is 5.69 Å². The summed E-state index contributed by atoms with van der Waals surface area (Å²) in [6.07, 6.45) is 3.93. The number of benzene rings is 1. The Morgan fingerprint density at radius 1 is 1.05 bits per heavy atom. The van der Waals surface area contributed by atoms with Crippen molar-refractivity contribution in [3.63, 3.8) is 0 Å². The summed E-state index contributed by atoms with van der Waals surface area (Å²) in [6, 6.07) is 7.91. The molecular formula is C16H23N5. The molecule has 21 heavy (non-hydrogen) atoms. The molecule has 0 bridgehead atoms. The lowest BCUT2D eigenvalue weighted by Gasteiger charge is -2.32. The van der Waals surface area contributed by atoms with Gasteiger partial charge in [0, 0.05) is 62.9 Å². The Bertz CT molecular complexity index is 567. The van der Waals surface area contributed by atoms with E-state index in [4.69, 9.17) is 5.73 Å². The number of piperazine rings is 1. The smallest absolute Gasteiger partial charge is 0.139 e. The van der Waals surface area contributed by atoms with Crippen molar-refractivity contribution < 1.29 is 0 Å². The summed E-state index contributed by atoms with van der Waals surface area (Å²) in [5.41, 5.74) is 7.65. The highest BCUT2D eigenvalue weighted by Crippen LogP contribution is 2.18. The molecule has 5 heteroatoms. The maximum atomic E-state index is 5.75. The van der Waals surface area contributed by atoms with Crippen LogP contribution in [-0.2, 0) is 6.54 Å². The summed E-state index contributed by atoms with van der Waals surface area (Å²) >= 11 is 0. The molecule has 112 valence electrons. The minimum absolute atomic E-state index is 0.786. The Balaban J connectivity index is 1.64. The van der Waals surface area contributed by atoms with Gasteiger partial charge in [-0.2, -0.15) is 0 Å². The van der Waals surface area contributed by atoms with Gasteiger partial charge in [-0.15, -0.1) is 0 Å². The molecule has 0 saturated carbocycles. The van der Waals surface area contributed by atoms with Gasteiger partial charge in [0.1, 0.15) is 5.82 Å². The highest BCUT2D eigenvalue weighted by molar-refractivity contribution is 5.59. The van der Waals surface area contributed by atoms with Crippen LogP contribution in [0.3, 0.4) is 0 Å². The van der Waals surface area contributed by atoms with Gasteiger partial charge in [-0.3, -0.25) is 4.90 Å². The van der Waals surface area contributed by atoms with Crippen molar-refractivity contribution in [2.45, 2.75) is 6.54 Å². The van der Waals surface area contributed by atoms with E-state index < -0.39 is 0 Å². The largest absolute Gasteiger partial charge is 0.399 e. The number of likely N-dealkylation sites (N-methyl/N-ethyl adjacent to an activating group) is 1. The number of hydrogen-bond donors (Lipinski definition) is 1. The van der Waals surface area contributed by atoms with Crippen LogP contribution in [0.15, 0.2) is 36.7 Å². The summed E-state index contributed by atoms with van der Waals surface area (Å²) in [5, 5.41) is 0. The van der Waals surface area contributed by atoms with E-state index in [1.165, 1.54) is 0 Å². The molecule has 1 aromatic heterocycles. The molecule has 0 radical (unpaired) electrons. The van der Waals surface area contributed by atoms with Crippen molar-refractivity contribution in [1.29, 1.82) is 0 Å². The van der Waals surface area contributed by atoms with Crippen molar-refractivity contribution >= 4 is 5.69 Å². The molecule has 0 aliphatic carbocycles. The van der Waals surface area contributed by atoms with E-state index in [0.717, 1.165) is 56.3 Å². The zero-order valence-electron chi connectivity index (χ0n) is 12.6. The second-order valence-electron chi connectivity index (χ2n) is 5.71. The quantitative estimate of drug-likeness (QED) is 0.862. The van der Waals surface area contributed by atoms with E-state index in [-0.39, 0.29) is 0 Å². The third-order valence-electron chi connectivity index (χ3n) is 4.14. The normalized spacial score (nSPS) is 17.2. The first-order valence-electron chi connectivity index (χ1n) is 7.50. The number of aromatic nitrogens is 2. The number of nitrogen functional groups attached to an aromatic ring is 1. The second-order valence-corrected chi connectivity index (χ2v) is 5.71. The first-order chi connectivity index (χ1) is 10.2. The Morgan fingerprint density at radius 2 is 1.76 bits per heavy atom. The number of hydrogen-bond acceptors (Lipinski definition) is 4. The average Bonchev–Trinajstić information content (AvgIpc) is 2.96. The van der Waals surface area contributed by atoms with E-state index in [0.29, 0.717) is 0 Å². The Morgan fingerprint density at radius 3 is 2.48 bits per heavy atom. The van der Waals surface area contributed by atoms with Gasteiger partial charge in [0.15, 0.2) is 0 Å². The van der Waals surface area contributed by atoms with E-state index in [9.17, 15) is 0 Å². The maximum Gasteiger partial charge on any atom is 0.139 e. The molecule has 2 aromatic rings. The van der Waals surface area contributed by atoms with Crippen LogP contribution >= 0.6 is 0 Å². The molecule has 0 unspecified atom stereocenters. The van der Waals surface area contributed by atoms with Gasteiger partial charge in [-0.25, -0.2) is 4.98 Å². The van der Waals surface area contributed by atoms with Gasteiger partial charge in [0.25, 0.3) is 0 Å². The van der Waals surface area contributed by atoms with Crippen LogP contribution < -0.4 is 5.73 Å². The van der Waals surface area contributed by atoms with Gasteiger partial charge < -0.3 is 15.2 Å². The summed E-state index contributed by atoms with van der Waals surface area (Å²) in [4.78, 5) is 9.39. The second kappa shape index (κ2) is 6.28. The fourth-order valence-electron chi connectivity index (χ4n) is 2.70. The third kappa shape index (κ3) is 3.43. The molecular weight excluding hydrogens is 262 g/mol. The van der Waals surface area contributed by atoms with E-state index in [2.05, 4.69) is 32.6 Å². The van der Waals surface area contributed by atoms with Crippen LogP contribution in [0.1, 0.15) is 0 Å². The Labute approximate surface area is 126 Å². The van der Waals surface area contributed by atoms with Crippen molar-refractivity contribution in [1.82, 2.24) is 19.4 Å². The third-order valence-corrected chi connectivity index (χ3v) is 4.14. The lowest BCUT2D eigenvalue weighted by molar-refractivity contribution is 0.150. The molecule has 1 fully saturated rings. The van der Waals surface area contributed by atoms with Crippen LogP contribution in [-0.4, -0.2) is 59.1 Å². The Kier molecular flexibility index (Phi) is 4.22. The zero-order chi connectivity index (χ0) is 14.7. The molecule has 3 rings (SSSR count). The SMILES string of the molecule is CN1CCN(CCn2ccnc2-c2ccc(N)cc2)CC1. The fourth-order valence-corrected chi connectivity index (χ4v) is 2.70. The first kappa shape index (κ1) is 14.1. The summed E-state index contributed by atoms with van der Waals surface area (Å²) in [6.45, 7) is 6.68. The number of nitrogens with zero attached hydrogens (tertiary/aromatic N) is 4. The molecule has 0 amide bonds. The molecule has 1 saturated heterocycles. The van der Waals surface area contributed by atoms with Crippen LogP contribution in [0, 0.1) is 0 Å². The highest BCUT2D eigenvalue weighted by Gasteiger charge is 2.14. The number of anilines is 1. The van der Waals surface area contributed by atoms with E-state index in [1.54, 1.807) is 0 Å². The minimum atomic E-state index is 0.786. The van der Waals surface area contributed by atoms with E-state index >= 15 is 0 Å². The van der Waals surface area contributed by atoms with Crippen molar-refractivity contribution in [2.24, 2.45) is 0 Å². The molecule has 2 N–H and O–H groups in total. The summed E-state index contributed by atoms with van der Waals surface area (Å²) < 4.78 is 2.23. The van der Waals surface area contributed by atoms with Crippen LogP contribution in [0.5, 0.6) is 0 Å². The first-order valence-corrected chi connectivity index (χ1v) is 7.50. The maximum absolute atomic E-state index is 5.75. The Hall–Kier alpha value is -1.85. The highest BCUT2D eigenvalue weighted by atomic mass is 15.3. The van der Waals surface area contributed by atoms with Crippen molar-refractivity contribution in [3.8, 4) is 11.4 Å². The monoisotopic (exact) mass is 285 g/mol. The van der Waals surface area contributed by atoms with Crippen molar-refractivity contribution in [2.75, 3.05) is 45.5 Å². The topological polar surface area (TPSA) is 50.3 Å². The predicted octanol–water partition coefficient (Wildman–Crippen LogP) is 1.38. The molecule has 2 heterocycles. The van der Waals surface area contributed by atoms with Crippen LogP contribution in [0.25, 0.3) is 11.4 Å². The molecule has 1 aliphatic heterocycles. The van der Waals surface area contributed by atoms with Gasteiger partial charge in [0.2, 0.25) is 0 Å². The summed E-state index contributed by atoms with van der Waals surface area (Å²) in [5.74, 6) is 1.02. The van der Waals surface area contributed by atoms with E-state index in [1.807, 2.05) is 30.5 Å². The average molecular weight is 285 g/mol. The fraction of sp³-hybridized carbons (Fsp3) is 0.438. The number of imidazole rings is 1. The van der Waals surface area contributed by atoms with Gasteiger partial charge >= 0.3 is 0 Å². The van der Waals surface area contributed by atoms with Crippen molar-refractivity contribution in [3.05, 3.63) is 36.7 Å². The van der Waals surface area contributed by atoms with Gasteiger partial charge in [-0.1, -0.05) is 0 Å². The van der Waals surface area contributed by atoms with Gasteiger partial charge in [-0.05, 0) is 31.3 Å². The number of nitrogens with two attached hydrogens (primary N) is 1. The lowest BCUT2D eigenvalue weighted by atomic mass is 10.2. The molecule has 1 aliphatic rings. The summed E-state index contributed by atoms with van der Waals surface area (Å²) in [7, 11) is 2.19. The lowest BCUT2D eigenvalue weighted by Crippen LogP contribution is -2.45. The van der Waals surface area contributed by atoms with Gasteiger partial charge in [0.05, 0.1) is 0 Å². The number of rotatable bonds is 4. The zero-order valence-corrected chi connectivity index (χ0v) is 12.6. The minimum Gasteiger partial charge on any atom is -0.399 e. The molecule has 0 atom stereocenters. The predicted molar refractivity (Wildman–Crippen MR) is 86.0 cm³/mol. The molecule has 0 spiro atoms.